The van der Waals surface area contributed by atoms with Crippen molar-refractivity contribution < 1.29 is 8.42 Å². The molecule has 134 valence electrons. The van der Waals surface area contributed by atoms with Crippen LogP contribution in [0.1, 0.15) is 18.4 Å². The van der Waals surface area contributed by atoms with Gasteiger partial charge in [0.25, 0.3) is 0 Å². The maximum absolute atomic E-state index is 12.7. The third-order valence-corrected chi connectivity index (χ3v) is 6.74. The van der Waals surface area contributed by atoms with E-state index in [1.807, 2.05) is 18.2 Å². The quantitative estimate of drug-likeness (QED) is 0.829. The summed E-state index contributed by atoms with van der Waals surface area (Å²) in [4.78, 5) is 2.22. The van der Waals surface area contributed by atoms with Crippen molar-refractivity contribution in [3.63, 3.8) is 0 Å². The first-order valence-corrected chi connectivity index (χ1v) is 10.4. The van der Waals surface area contributed by atoms with Crippen molar-refractivity contribution in [2.45, 2.75) is 30.3 Å². The van der Waals surface area contributed by atoms with E-state index in [4.69, 9.17) is 23.2 Å². The van der Waals surface area contributed by atoms with Crippen LogP contribution < -0.4 is 4.72 Å². The van der Waals surface area contributed by atoms with Crippen LogP contribution in [0, 0.1) is 0 Å². The van der Waals surface area contributed by atoms with Crippen molar-refractivity contribution in [1.29, 1.82) is 0 Å². The third kappa shape index (κ3) is 4.74. The molecule has 0 spiro atoms. The van der Waals surface area contributed by atoms with Gasteiger partial charge in [0.1, 0.15) is 4.90 Å². The molecule has 0 amide bonds. The lowest BCUT2D eigenvalue weighted by molar-refractivity contribution is 0.194. The maximum Gasteiger partial charge on any atom is 0.243 e. The van der Waals surface area contributed by atoms with E-state index in [1.54, 1.807) is 6.07 Å². The van der Waals surface area contributed by atoms with Crippen molar-refractivity contribution in [2.24, 2.45) is 0 Å². The fraction of sp³-hybridized carbons (Fsp3) is 0.333. The molecule has 2 aromatic carbocycles. The number of piperidine rings is 1. The fourth-order valence-corrected chi connectivity index (χ4v) is 5.56. The molecule has 0 saturated carbocycles. The minimum Gasteiger partial charge on any atom is -0.298 e. The van der Waals surface area contributed by atoms with Crippen LogP contribution in [-0.2, 0) is 16.6 Å². The van der Waals surface area contributed by atoms with E-state index in [0.717, 1.165) is 25.9 Å². The summed E-state index contributed by atoms with van der Waals surface area (Å²) in [6.45, 7) is 2.43. The number of hydrogen-bond donors (Lipinski definition) is 1. The van der Waals surface area contributed by atoms with E-state index in [1.165, 1.54) is 17.7 Å². The molecule has 1 unspecified atom stereocenters. The Hall–Kier alpha value is -1.11. The number of nitrogens with zero attached hydrogens (tertiary/aromatic N) is 1. The number of nitrogens with one attached hydrogen (secondary N) is 1. The second-order valence-electron chi connectivity index (χ2n) is 6.23. The van der Waals surface area contributed by atoms with E-state index in [-0.39, 0.29) is 21.0 Å². The van der Waals surface area contributed by atoms with Crippen molar-refractivity contribution in [3.05, 3.63) is 64.1 Å². The summed E-state index contributed by atoms with van der Waals surface area (Å²) in [5.41, 5.74) is 1.22. The Bertz CT molecular complexity index is 808. The van der Waals surface area contributed by atoms with Gasteiger partial charge in [-0.15, -0.1) is 0 Å². The zero-order valence-electron chi connectivity index (χ0n) is 13.7. The van der Waals surface area contributed by atoms with Gasteiger partial charge in [-0.25, -0.2) is 13.1 Å². The number of rotatable bonds is 5. The molecule has 0 radical (unpaired) electrons. The molecule has 3 rings (SSSR count). The van der Waals surface area contributed by atoms with Crippen LogP contribution in [0.5, 0.6) is 0 Å². The van der Waals surface area contributed by atoms with Crippen LogP contribution in [0.3, 0.4) is 0 Å². The van der Waals surface area contributed by atoms with E-state index in [2.05, 4.69) is 21.8 Å². The van der Waals surface area contributed by atoms with Crippen LogP contribution in [0.2, 0.25) is 10.0 Å². The summed E-state index contributed by atoms with van der Waals surface area (Å²) in [7, 11) is -3.76. The molecule has 0 bridgehead atoms. The summed E-state index contributed by atoms with van der Waals surface area (Å²) in [5, 5.41) is 0.272. The number of hydrogen-bond acceptors (Lipinski definition) is 3. The van der Waals surface area contributed by atoms with Crippen LogP contribution in [0.15, 0.2) is 53.4 Å². The predicted molar refractivity (Wildman–Crippen MR) is 102 cm³/mol. The average molecular weight is 399 g/mol. The van der Waals surface area contributed by atoms with Crippen LogP contribution in [0.25, 0.3) is 0 Å². The van der Waals surface area contributed by atoms with Gasteiger partial charge in [0, 0.05) is 19.1 Å². The molecule has 0 aromatic heterocycles. The first-order valence-electron chi connectivity index (χ1n) is 8.18. The Balaban J connectivity index is 1.70. The molecule has 1 heterocycles. The van der Waals surface area contributed by atoms with Crippen molar-refractivity contribution in [3.8, 4) is 0 Å². The topological polar surface area (TPSA) is 49.4 Å². The highest BCUT2D eigenvalue weighted by molar-refractivity contribution is 7.89. The number of likely N-dealkylation sites (tertiary alicyclic amines) is 1. The lowest BCUT2D eigenvalue weighted by Gasteiger charge is -2.33. The normalized spacial score (nSPS) is 19.0. The standard InChI is InChI=1S/C18H20Cl2N2O2S/c19-16-9-4-10-17(20)18(16)25(23,24)21-15-8-5-11-22(13-15)12-14-6-2-1-3-7-14/h1-4,6-7,9-10,15,21H,5,8,11-13H2. The van der Waals surface area contributed by atoms with Crippen LogP contribution in [0.4, 0.5) is 0 Å². The Morgan fingerprint density at radius 1 is 1.04 bits per heavy atom. The summed E-state index contributed by atoms with van der Waals surface area (Å²) >= 11 is 12.1. The lowest BCUT2D eigenvalue weighted by Crippen LogP contribution is -2.47. The molecular formula is C18H20Cl2N2O2S. The summed E-state index contributed by atoms with van der Waals surface area (Å²) in [5.74, 6) is 0. The highest BCUT2D eigenvalue weighted by atomic mass is 35.5. The van der Waals surface area contributed by atoms with Gasteiger partial charge in [-0.2, -0.15) is 0 Å². The van der Waals surface area contributed by atoms with E-state index in [0.29, 0.717) is 6.54 Å². The van der Waals surface area contributed by atoms with Crippen molar-refractivity contribution in [1.82, 2.24) is 9.62 Å². The Labute approximate surface area is 158 Å². The van der Waals surface area contributed by atoms with Gasteiger partial charge in [0.05, 0.1) is 10.0 Å². The SMILES string of the molecule is O=S(=O)(NC1CCCN(Cc2ccccc2)C1)c1c(Cl)cccc1Cl. The minimum atomic E-state index is -3.76. The Morgan fingerprint density at radius 3 is 2.40 bits per heavy atom. The third-order valence-electron chi connectivity index (χ3n) is 4.26. The smallest absolute Gasteiger partial charge is 0.243 e. The highest BCUT2D eigenvalue weighted by Gasteiger charge is 2.28. The zero-order valence-corrected chi connectivity index (χ0v) is 16.0. The molecule has 25 heavy (non-hydrogen) atoms. The average Bonchev–Trinajstić information content (AvgIpc) is 2.55. The Kier molecular flexibility index (Phi) is 6.02. The zero-order chi connectivity index (χ0) is 17.9. The molecule has 4 nitrogen and oxygen atoms in total. The van der Waals surface area contributed by atoms with Crippen LogP contribution in [-0.4, -0.2) is 32.4 Å². The second kappa shape index (κ2) is 8.06. The molecule has 1 aliphatic heterocycles. The monoisotopic (exact) mass is 398 g/mol. The van der Waals surface area contributed by atoms with E-state index >= 15 is 0 Å². The van der Waals surface area contributed by atoms with Gasteiger partial charge in [0.2, 0.25) is 10.0 Å². The van der Waals surface area contributed by atoms with Crippen molar-refractivity contribution in [2.75, 3.05) is 13.1 Å². The van der Waals surface area contributed by atoms with Gasteiger partial charge < -0.3 is 0 Å². The molecule has 1 saturated heterocycles. The highest BCUT2D eigenvalue weighted by Crippen LogP contribution is 2.29. The molecule has 0 aliphatic carbocycles. The first-order chi connectivity index (χ1) is 12.0. The van der Waals surface area contributed by atoms with Gasteiger partial charge in [-0.3, -0.25) is 4.90 Å². The van der Waals surface area contributed by atoms with Crippen molar-refractivity contribution >= 4 is 33.2 Å². The number of sulfonamides is 1. The summed E-state index contributed by atoms with van der Waals surface area (Å²) in [6.07, 6.45) is 1.74. The summed E-state index contributed by atoms with van der Waals surface area (Å²) < 4.78 is 28.2. The van der Waals surface area contributed by atoms with Gasteiger partial charge in [0.15, 0.2) is 0 Å². The fourth-order valence-electron chi connectivity index (χ4n) is 3.15. The molecule has 1 fully saturated rings. The van der Waals surface area contributed by atoms with Crippen LogP contribution >= 0.6 is 23.2 Å². The maximum atomic E-state index is 12.7. The molecular weight excluding hydrogens is 379 g/mol. The van der Waals surface area contributed by atoms with E-state index in [9.17, 15) is 8.42 Å². The molecule has 2 aromatic rings. The Morgan fingerprint density at radius 2 is 1.72 bits per heavy atom. The van der Waals surface area contributed by atoms with Gasteiger partial charge in [-0.1, -0.05) is 59.6 Å². The number of halogens is 2. The van der Waals surface area contributed by atoms with E-state index < -0.39 is 10.0 Å². The second-order valence-corrected chi connectivity index (χ2v) is 8.70. The molecule has 1 N–H and O–H groups in total. The minimum absolute atomic E-state index is 0.0430. The van der Waals surface area contributed by atoms with Gasteiger partial charge >= 0.3 is 0 Å². The largest absolute Gasteiger partial charge is 0.298 e. The first kappa shape index (κ1) is 18.7. The lowest BCUT2D eigenvalue weighted by atomic mass is 10.1. The predicted octanol–water partition coefficient (Wildman–Crippen LogP) is 3.94. The molecule has 1 atom stereocenters. The summed E-state index contributed by atoms with van der Waals surface area (Å²) in [6, 6.07) is 14.7. The molecule has 1 aliphatic rings. The molecule has 7 heteroatoms. The van der Waals surface area contributed by atoms with Gasteiger partial charge in [-0.05, 0) is 37.1 Å². The number of benzene rings is 2.